The third-order valence-electron chi connectivity index (χ3n) is 3.44. The highest BCUT2D eigenvalue weighted by molar-refractivity contribution is 5.26. The summed E-state index contributed by atoms with van der Waals surface area (Å²) in [6.07, 6.45) is -4.42. The van der Waals surface area contributed by atoms with Gasteiger partial charge in [-0.2, -0.15) is 13.2 Å². The van der Waals surface area contributed by atoms with Crippen molar-refractivity contribution in [2.45, 2.75) is 32.2 Å². The van der Waals surface area contributed by atoms with Crippen molar-refractivity contribution in [3.05, 3.63) is 35.4 Å². The second-order valence-electron chi connectivity index (χ2n) is 5.07. The van der Waals surface area contributed by atoms with E-state index >= 15 is 0 Å². The Morgan fingerprint density at radius 2 is 1.84 bits per heavy atom. The smallest absolute Gasteiger partial charge is 0.371 e. The number of nitrogens with zero attached hydrogens (tertiary/aromatic N) is 1. The molecule has 1 unspecified atom stereocenters. The number of ether oxygens (including phenoxy) is 1. The normalized spacial score (nSPS) is 21.9. The average molecular weight is 273 g/mol. The van der Waals surface area contributed by atoms with E-state index in [0.717, 1.165) is 30.8 Å². The molecule has 1 saturated heterocycles. The van der Waals surface area contributed by atoms with E-state index in [1.54, 1.807) is 0 Å². The Bertz CT molecular complexity index is 414. The summed E-state index contributed by atoms with van der Waals surface area (Å²) in [5.41, 5.74) is 0.186. The number of halogens is 3. The van der Waals surface area contributed by atoms with Gasteiger partial charge in [-0.25, -0.2) is 0 Å². The number of rotatable bonds is 2. The third-order valence-corrected chi connectivity index (χ3v) is 3.44. The SMILES string of the molecule is CC(C)N1CCOC(c2ccc(C(F)(F)F)cc2)C1. The molecule has 0 aromatic heterocycles. The zero-order valence-corrected chi connectivity index (χ0v) is 11.1. The lowest BCUT2D eigenvalue weighted by Gasteiger charge is -2.35. The molecule has 0 N–H and O–H groups in total. The zero-order chi connectivity index (χ0) is 14.0. The zero-order valence-electron chi connectivity index (χ0n) is 11.1. The second kappa shape index (κ2) is 5.51. The Kier molecular flexibility index (Phi) is 4.16. The summed E-state index contributed by atoms with van der Waals surface area (Å²) < 4.78 is 43.1. The van der Waals surface area contributed by atoms with Crippen molar-refractivity contribution < 1.29 is 17.9 Å². The van der Waals surface area contributed by atoms with E-state index in [9.17, 15) is 13.2 Å². The highest BCUT2D eigenvalue weighted by atomic mass is 19.4. The van der Waals surface area contributed by atoms with Crippen LogP contribution in [0.1, 0.15) is 31.1 Å². The van der Waals surface area contributed by atoms with Crippen LogP contribution in [-0.2, 0) is 10.9 Å². The first kappa shape index (κ1) is 14.3. The second-order valence-corrected chi connectivity index (χ2v) is 5.07. The molecule has 1 aliphatic rings. The molecule has 1 atom stereocenters. The molecule has 1 aromatic carbocycles. The van der Waals surface area contributed by atoms with Crippen LogP contribution in [0.5, 0.6) is 0 Å². The fourth-order valence-corrected chi connectivity index (χ4v) is 2.23. The molecular weight excluding hydrogens is 255 g/mol. The van der Waals surface area contributed by atoms with Crippen molar-refractivity contribution in [1.82, 2.24) is 4.90 Å². The molecule has 0 amide bonds. The first-order chi connectivity index (χ1) is 8.88. The lowest BCUT2D eigenvalue weighted by molar-refractivity contribution is -0.137. The summed E-state index contributed by atoms with van der Waals surface area (Å²) >= 11 is 0. The Morgan fingerprint density at radius 3 is 2.37 bits per heavy atom. The predicted molar refractivity (Wildman–Crippen MR) is 66.8 cm³/mol. The van der Waals surface area contributed by atoms with Crippen molar-refractivity contribution in [2.24, 2.45) is 0 Å². The van der Waals surface area contributed by atoms with Crippen LogP contribution < -0.4 is 0 Å². The number of alkyl halides is 3. The van der Waals surface area contributed by atoms with Crippen molar-refractivity contribution >= 4 is 0 Å². The van der Waals surface area contributed by atoms with Crippen LogP contribution in [0.3, 0.4) is 0 Å². The van der Waals surface area contributed by atoms with Crippen LogP contribution in [0.2, 0.25) is 0 Å². The molecule has 1 aromatic rings. The van der Waals surface area contributed by atoms with E-state index < -0.39 is 11.7 Å². The molecule has 1 fully saturated rings. The maximum atomic E-state index is 12.5. The number of morpholine rings is 1. The van der Waals surface area contributed by atoms with Crippen LogP contribution in [0, 0.1) is 0 Å². The summed E-state index contributed by atoms with van der Waals surface area (Å²) in [7, 11) is 0. The first-order valence-corrected chi connectivity index (χ1v) is 6.40. The minimum Gasteiger partial charge on any atom is -0.371 e. The molecule has 1 heterocycles. The van der Waals surface area contributed by atoms with E-state index in [2.05, 4.69) is 18.7 Å². The van der Waals surface area contributed by atoms with E-state index in [0.29, 0.717) is 12.6 Å². The molecule has 5 heteroatoms. The van der Waals surface area contributed by atoms with Crippen LogP contribution in [0.15, 0.2) is 24.3 Å². The Labute approximate surface area is 111 Å². The summed E-state index contributed by atoms with van der Waals surface area (Å²) in [5, 5.41) is 0. The molecule has 0 saturated carbocycles. The van der Waals surface area contributed by atoms with Crippen LogP contribution in [0.25, 0.3) is 0 Å². The van der Waals surface area contributed by atoms with Gasteiger partial charge >= 0.3 is 6.18 Å². The van der Waals surface area contributed by atoms with Gasteiger partial charge in [0.25, 0.3) is 0 Å². The topological polar surface area (TPSA) is 12.5 Å². The van der Waals surface area contributed by atoms with E-state index in [-0.39, 0.29) is 6.10 Å². The average Bonchev–Trinajstić information content (AvgIpc) is 2.38. The van der Waals surface area contributed by atoms with Crippen LogP contribution >= 0.6 is 0 Å². The minimum atomic E-state index is -4.28. The van der Waals surface area contributed by atoms with Gasteiger partial charge in [0.1, 0.15) is 0 Å². The molecule has 0 spiro atoms. The van der Waals surface area contributed by atoms with Gasteiger partial charge in [-0.3, -0.25) is 4.90 Å². The Morgan fingerprint density at radius 1 is 1.21 bits per heavy atom. The van der Waals surface area contributed by atoms with Gasteiger partial charge in [0.05, 0.1) is 18.3 Å². The van der Waals surface area contributed by atoms with Crippen molar-refractivity contribution in [3.8, 4) is 0 Å². The molecule has 106 valence electrons. The van der Waals surface area contributed by atoms with E-state index in [1.165, 1.54) is 12.1 Å². The standard InChI is InChI=1S/C14H18F3NO/c1-10(2)18-7-8-19-13(9-18)11-3-5-12(6-4-11)14(15,16)17/h3-6,10,13H,7-9H2,1-2H3. The summed E-state index contributed by atoms with van der Waals surface area (Å²) in [4.78, 5) is 2.27. The summed E-state index contributed by atoms with van der Waals surface area (Å²) in [6.45, 7) is 6.42. The quantitative estimate of drug-likeness (QED) is 0.818. The lowest BCUT2D eigenvalue weighted by atomic mass is 10.0. The van der Waals surface area contributed by atoms with Gasteiger partial charge in [-0.05, 0) is 31.5 Å². The minimum absolute atomic E-state index is 0.140. The molecular formula is C14H18F3NO. The van der Waals surface area contributed by atoms with Gasteiger partial charge in [-0.15, -0.1) is 0 Å². The number of hydrogen-bond donors (Lipinski definition) is 0. The van der Waals surface area contributed by atoms with Crippen LogP contribution in [-0.4, -0.2) is 30.6 Å². The monoisotopic (exact) mass is 273 g/mol. The molecule has 2 rings (SSSR count). The summed E-state index contributed by atoms with van der Waals surface area (Å²) in [6, 6.07) is 5.68. The van der Waals surface area contributed by atoms with Crippen molar-refractivity contribution in [3.63, 3.8) is 0 Å². The Hall–Kier alpha value is -1.07. The highest BCUT2D eigenvalue weighted by Crippen LogP contribution is 2.31. The fraction of sp³-hybridized carbons (Fsp3) is 0.571. The molecule has 1 aliphatic heterocycles. The lowest BCUT2D eigenvalue weighted by Crippen LogP contribution is -2.42. The van der Waals surface area contributed by atoms with Crippen LogP contribution in [0.4, 0.5) is 13.2 Å². The highest BCUT2D eigenvalue weighted by Gasteiger charge is 2.31. The number of hydrogen-bond acceptors (Lipinski definition) is 2. The predicted octanol–water partition coefficient (Wildman–Crippen LogP) is 3.49. The van der Waals surface area contributed by atoms with Gasteiger partial charge < -0.3 is 4.74 Å². The van der Waals surface area contributed by atoms with E-state index in [1.807, 2.05) is 0 Å². The third kappa shape index (κ3) is 3.48. The maximum absolute atomic E-state index is 12.5. The molecule has 19 heavy (non-hydrogen) atoms. The van der Waals surface area contributed by atoms with E-state index in [4.69, 9.17) is 4.74 Å². The van der Waals surface area contributed by atoms with Gasteiger partial charge in [0.2, 0.25) is 0 Å². The molecule has 0 aliphatic carbocycles. The van der Waals surface area contributed by atoms with Crippen molar-refractivity contribution in [2.75, 3.05) is 19.7 Å². The van der Waals surface area contributed by atoms with Gasteiger partial charge in [0.15, 0.2) is 0 Å². The van der Waals surface area contributed by atoms with Gasteiger partial charge in [-0.1, -0.05) is 12.1 Å². The fourth-order valence-electron chi connectivity index (χ4n) is 2.23. The first-order valence-electron chi connectivity index (χ1n) is 6.40. The largest absolute Gasteiger partial charge is 0.416 e. The molecule has 0 radical (unpaired) electrons. The Balaban J connectivity index is 2.10. The molecule has 0 bridgehead atoms. The van der Waals surface area contributed by atoms with Gasteiger partial charge in [0, 0.05) is 19.1 Å². The number of benzene rings is 1. The maximum Gasteiger partial charge on any atom is 0.416 e. The summed E-state index contributed by atoms with van der Waals surface area (Å²) in [5.74, 6) is 0. The molecule has 2 nitrogen and oxygen atoms in total. The van der Waals surface area contributed by atoms with Crippen molar-refractivity contribution in [1.29, 1.82) is 0 Å².